The Morgan fingerprint density at radius 3 is 3.05 bits per heavy atom. The molecule has 0 atom stereocenters. The molecule has 5 heteroatoms. The molecule has 2 amide bonds. The van der Waals surface area contributed by atoms with Crippen molar-refractivity contribution < 1.29 is 9.59 Å². The normalized spacial score (nSPS) is 14.1. The van der Waals surface area contributed by atoms with Crippen molar-refractivity contribution in [2.24, 2.45) is 0 Å². The molecule has 102 valence electrons. The zero-order chi connectivity index (χ0) is 14.5. The van der Waals surface area contributed by atoms with E-state index in [2.05, 4.69) is 22.2 Å². The number of aromatic nitrogens is 1. The summed E-state index contributed by atoms with van der Waals surface area (Å²) in [6.45, 7) is 5.35. The lowest BCUT2D eigenvalue weighted by Gasteiger charge is -2.06. The number of amides is 2. The van der Waals surface area contributed by atoms with Crippen LogP contribution in [0.5, 0.6) is 0 Å². The maximum Gasteiger partial charge on any atom is 0.255 e. The zero-order valence-electron chi connectivity index (χ0n) is 11.1. The fourth-order valence-electron chi connectivity index (χ4n) is 1.85. The summed E-state index contributed by atoms with van der Waals surface area (Å²) < 4.78 is 0. The third-order valence-corrected chi connectivity index (χ3v) is 2.82. The number of carbonyl (C=O) groups is 2. The van der Waals surface area contributed by atoms with E-state index < -0.39 is 0 Å². The number of carbonyl (C=O) groups excluding carboxylic acids is 2. The summed E-state index contributed by atoms with van der Waals surface area (Å²) in [5.74, 6) is 0.245. The summed E-state index contributed by atoms with van der Waals surface area (Å²) in [4.78, 5) is 27.4. The number of fused-ring (bicyclic) bond motifs is 1. The van der Waals surface area contributed by atoms with Gasteiger partial charge in [-0.05, 0) is 19.1 Å². The smallest absolute Gasteiger partial charge is 0.255 e. The van der Waals surface area contributed by atoms with E-state index in [0.717, 1.165) is 5.56 Å². The maximum absolute atomic E-state index is 12.0. The van der Waals surface area contributed by atoms with Crippen LogP contribution >= 0.6 is 0 Å². The molecule has 1 aromatic heterocycles. The summed E-state index contributed by atoms with van der Waals surface area (Å²) in [5, 5.41) is 5.40. The largest absolute Gasteiger partial charge is 0.321 e. The number of rotatable bonds is 4. The molecule has 2 N–H and O–H groups in total. The van der Waals surface area contributed by atoms with Gasteiger partial charge in [-0.1, -0.05) is 24.8 Å². The maximum atomic E-state index is 12.0. The molecule has 1 aliphatic rings. The van der Waals surface area contributed by atoms with Gasteiger partial charge in [0.2, 0.25) is 5.91 Å². The number of allylic oxidation sites excluding steroid dienone is 3. The minimum Gasteiger partial charge on any atom is -0.321 e. The first-order valence-electron chi connectivity index (χ1n) is 6.19. The average Bonchev–Trinajstić information content (AvgIpc) is 2.79. The van der Waals surface area contributed by atoms with E-state index in [9.17, 15) is 9.59 Å². The van der Waals surface area contributed by atoms with Crippen LogP contribution in [0.1, 0.15) is 12.5 Å². The molecule has 0 aromatic carbocycles. The van der Waals surface area contributed by atoms with Crippen molar-refractivity contribution in [1.29, 1.82) is 0 Å². The lowest BCUT2D eigenvalue weighted by Crippen LogP contribution is -2.13. The Morgan fingerprint density at radius 1 is 1.55 bits per heavy atom. The quantitative estimate of drug-likeness (QED) is 0.650. The number of anilines is 2. The molecule has 20 heavy (non-hydrogen) atoms. The second-order valence-electron chi connectivity index (χ2n) is 4.25. The first-order chi connectivity index (χ1) is 9.63. The molecular weight excluding hydrogens is 254 g/mol. The van der Waals surface area contributed by atoms with Gasteiger partial charge in [0.05, 0.1) is 18.3 Å². The lowest BCUT2D eigenvalue weighted by atomic mass is 10.2. The highest BCUT2D eigenvalue weighted by Gasteiger charge is 2.19. The molecule has 0 bridgehead atoms. The van der Waals surface area contributed by atoms with Crippen LogP contribution < -0.4 is 10.6 Å². The van der Waals surface area contributed by atoms with Crippen LogP contribution in [0.4, 0.5) is 11.5 Å². The second kappa shape index (κ2) is 5.97. The van der Waals surface area contributed by atoms with E-state index in [1.54, 1.807) is 37.3 Å². The summed E-state index contributed by atoms with van der Waals surface area (Å²) in [7, 11) is 0. The Morgan fingerprint density at radius 2 is 2.35 bits per heavy atom. The minimum absolute atomic E-state index is 0.0842. The fourth-order valence-corrected chi connectivity index (χ4v) is 1.85. The molecule has 0 fully saturated rings. The van der Waals surface area contributed by atoms with Crippen molar-refractivity contribution in [3.8, 4) is 0 Å². The highest BCUT2D eigenvalue weighted by atomic mass is 16.2. The number of nitrogens with zero attached hydrogens (tertiary/aromatic N) is 1. The Balaban J connectivity index is 2.13. The Labute approximate surface area is 117 Å². The van der Waals surface area contributed by atoms with E-state index in [4.69, 9.17) is 0 Å². The first-order valence-corrected chi connectivity index (χ1v) is 6.19. The molecule has 2 rings (SSSR count). The van der Waals surface area contributed by atoms with Crippen molar-refractivity contribution in [3.05, 3.63) is 54.3 Å². The molecule has 0 saturated heterocycles. The van der Waals surface area contributed by atoms with Gasteiger partial charge in [0, 0.05) is 11.1 Å². The van der Waals surface area contributed by atoms with E-state index in [1.165, 1.54) is 6.20 Å². The van der Waals surface area contributed by atoms with Crippen LogP contribution in [0, 0.1) is 0 Å². The molecule has 2 heterocycles. The lowest BCUT2D eigenvalue weighted by molar-refractivity contribution is -0.115. The number of nitrogens with one attached hydrogen (secondary N) is 2. The van der Waals surface area contributed by atoms with Crippen LogP contribution in [-0.4, -0.2) is 16.8 Å². The van der Waals surface area contributed by atoms with E-state index >= 15 is 0 Å². The highest BCUT2D eigenvalue weighted by molar-refractivity contribution is 6.06. The zero-order valence-corrected chi connectivity index (χ0v) is 11.1. The van der Waals surface area contributed by atoms with E-state index in [-0.39, 0.29) is 11.8 Å². The van der Waals surface area contributed by atoms with Gasteiger partial charge in [0.15, 0.2) is 0 Å². The molecule has 0 spiro atoms. The molecule has 0 aliphatic carbocycles. The van der Waals surface area contributed by atoms with Gasteiger partial charge in [-0.25, -0.2) is 4.98 Å². The Hall–Kier alpha value is -2.69. The summed E-state index contributed by atoms with van der Waals surface area (Å²) in [5.41, 5.74) is 1.88. The predicted molar refractivity (Wildman–Crippen MR) is 78.3 cm³/mol. The van der Waals surface area contributed by atoms with Crippen LogP contribution in [-0.2, 0) is 16.0 Å². The van der Waals surface area contributed by atoms with Crippen LogP contribution in [0.15, 0.2) is 48.7 Å². The molecule has 1 aliphatic heterocycles. The molecule has 5 nitrogen and oxygen atoms in total. The summed E-state index contributed by atoms with van der Waals surface area (Å²) >= 11 is 0. The molecule has 0 saturated carbocycles. The van der Waals surface area contributed by atoms with Gasteiger partial charge in [-0.15, -0.1) is 0 Å². The Kier molecular flexibility index (Phi) is 4.10. The van der Waals surface area contributed by atoms with Crippen molar-refractivity contribution in [1.82, 2.24) is 4.98 Å². The minimum atomic E-state index is -0.232. The fraction of sp³-hybridized carbons (Fsp3) is 0.133. The number of hydrogen-bond acceptors (Lipinski definition) is 3. The average molecular weight is 269 g/mol. The van der Waals surface area contributed by atoms with Crippen LogP contribution in [0.25, 0.3) is 0 Å². The third kappa shape index (κ3) is 3.00. The molecule has 0 radical (unpaired) electrons. The predicted octanol–water partition coefficient (Wildman–Crippen LogP) is 2.20. The van der Waals surface area contributed by atoms with Crippen LogP contribution in [0.2, 0.25) is 0 Å². The molecule has 1 aromatic rings. The summed E-state index contributed by atoms with van der Waals surface area (Å²) in [6, 6.07) is 1.75. The first kappa shape index (κ1) is 13.7. The van der Waals surface area contributed by atoms with Crippen molar-refractivity contribution in [2.45, 2.75) is 13.3 Å². The standard InChI is InChI=1S/C15H15N3O2/c1-3-5-6-10(4-2)15(20)17-12-7-11-8-13(19)18-14(11)16-9-12/h3-7,9H,1,8H2,2H3,(H,17,20)(H,16,18,19)/b6-5-,10-4+. The van der Waals surface area contributed by atoms with Crippen molar-refractivity contribution in [2.75, 3.05) is 10.6 Å². The van der Waals surface area contributed by atoms with Crippen molar-refractivity contribution in [3.63, 3.8) is 0 Å². The number of pyridine rings is 1. The summed E-state index contributed by atoms with van der Waals surface area (Å²) in [6.07, 6.45) is 8.49. The second-order valence-corrected chi connectivity index (χ2v) is 4.25. The third-order valence-electron chi connectivity index (χ3n) is 2.82. The van der Waals surface area contributed by atoms with E-state index in [0.29, 0.717) is 23.5 Å². The van der Waals surface area contributed by atoms with Crippen molar-refractivity contribution >= 4 is 23.3 Å². The van der Waals surface area contributed by atoms with Gasteiger partial charge < -0.3 is 10.6 Å². The van der Waals surface area contributed by atoms with E-state index in [1.807, 2.05) is 0 Å². The topological polar surface area (TPSA) is 71.1 Å². The van der Waals surface area contributed by atoms with Crippen LogP contribution in [0.3, 0.4) is 0 Å². The highest BCUT2D eigenvalue weighted by Crippen LogP contribution is 2.23. The number of hydrogen-bond donors (Lipinski definition) is 2. The van der Waals surface area contributed by atoms with Gasteiger partial charge in [0.1, 0.15) is 5.82 Å². The van der Waals surface area contributed by atoms with Gasteiger partial charge in [-0.3, -0.25) is 9.59 Å². The monoisotopic (exact) mass is 269 g/mol. The molecular formula is C15H15N3O2. The SMILES string of the molecule is C=C/C=C\C(=C/C)C(=O)Nc1cnc2c(c1)CC(=O)N2. The Bertz CT molecular complexity index is 630. The van der Waals surface area contributed by atoms with Gasteiger partial charge >= 0.3 is 0 Å². The van der Waals surface area contributed by atoms with Gasteiger partial charge in [-0.2, -0.15) is 0 Å². The van der Waals surface area contributed by atoms with Gasteiger partial charge in [0.25, 0.3) is 5.91 Å². The molecule has 0 unspecified atom stereocenters.